The molecule has 24 heavy (non-hydrogen) atoms. The highest BCUT2D eigenvalue weighted by atomic mass is 16.4. The standard InChI is InChI=1S/C17H14N.C4H6O2/c1-2-7-15(8-3-1)12-14-18-13-6-10-16-9-4-5-11-17(16)18;1-3(2)4(5)6/h1-14H;1H2,2H3,(H,5,6)/q+1;/p-1/b14-12+;. The average Bonchev–Trinajstić information content (AvgIpc) is 2.61. The van der Waals surface area contributed by atoms with Gasteiger partial charge in [-0.05, 0) is 30.2 Å². The van der Waals surface area contributed by atoms with E-state index >= 15 is 0 Å². The number of aliphatic carboxylic acids is 1. The van der Waals surface area contributed by atoms with E-state index in [0.717, 1.165) is 0 Å². The fourth-order valence-electron chi connectivity index (χ4n) is 2.04. The van der Waals surface area contributed by atoms with Gasteiger partial charge in [-0.15, -0.1) is 0 Å². The summed E-state index contributed by atoms with van der Waals surface area (Å²) >= 11 is 0. The van der Waals surface area contributed by atoms with Gasteiger partial charge in [-0.3, -0.25) is 0 Å². The number of hydrogen-bond acceptors (Lipinski definition) is 2. The highest BCUT2D eigenvalue weighted by Gasteiger charge is 2.03. The summed E-state index contributed by atoms with van der Waals surface area (Å²) in [6.07, 6.45) is 6.28. The summed E-state index contributed by atoms with van der Waals surface area (Å²) in [5.41, 5.74) is 2.49. The van der Waals surface area contributed by atoms with Gasteiger partial charge >= 0.3 is 0 Å². The molecule has 0 saturated heterocycles. The van der Waals surface area contributed by atoms with Crippen LogP contribution in [0.15, 0.2) is 85.1 Å². The fraction of sp³-hybridized carbons (Fsp3) is 0.0476. The van der Waals surface area contributed by atoms with Crippen molar-refractivity contribution in [3.63, 3.8) is 0 Å². The molecule has 120 valence electrons. The zero-order valence-electron chi connectivity index (χ0n) is 13.6. The summed E-state index contributed by atoms with van der Waals surface area (Å²) in [5, 5.41) is 10.7. The fourth-order valence-corrected chi connectivity index (χ4v) is 2.04. The number of aromatic nitrogens is 1. The van der Waals surface area contributed by atoms with Crippen molar-refractivity contribution >= 4 is 29.1 Å². The molecular formula is C21H19NO2. The third-order valence-electron chi connectivity index (χ3n) is 3.31. The van der Waals surface area contributed by atoms with Crippen molar-refractivity contribution < 1.29 is 14.5 Å². The topological polar surface area (TPSA) is 44.0 Å². The van der Waals surface area contributed by atoms with Gasteiger partial charge in [0.1, 0.15) is 0 Å². The Morgan fingerprint density at radius 1 is 1.00 bits per heavy atom. The SMILES string of the molecule is C(=C\[n+]1cccc2ccccc21)/c1ccccc1.C=C(C)C(=O)[O-]. The van der Waals surface area contributed by atoms with E-state index in [2.05, 4.69) is 78.1 Å². The minimum atomic E-state index is -1.19. The highest BCUT2D eigenvalue weighted by molar-refractivity contribution is 5.82. The van der Waals surface area contributed by atoms with Crippen molar-refractivity contribution in [3.8, 4) is 0 Å². The van der Waals surface area contributed by atoms with E-state index in [1.165, 1.54) is 23.4 Å². The number of pyridine rings is 1. The van der Waals surface area contributed by atoms with Gasteiger partial charge in [-0.1, -0.05) is 49.0 Å². The summed E-state index contributed by atoms with van der Waals surface area (Å²) in [7, 11) is 0. The third-order valence-corrected chi connectivity index (χ3v) is 3.31. The molecule has 0 radical (unpaired) electrons. The molecule has 1 aromatic heterocycles. The smallest absolute Gasteiger partial charge is 0.217 e. The second-order valence-corrected chi connectivity index (χ2v) is 5.27. The monoisotopic (exact) mass is 317 g/mol. The lowest BCUT2D eigenvalue weighted by Crippen LogP contribution is -2.25. The van der Waals surface area contributed by atoms with Crippen molar-refractivity contribution in [1.29, 1.82) is 0 Å². The molecule has 0 fully saturated rings. The Kier molecular flexibility index (Phi) is 6.03. The van der Waals surface area contributed by atoms with Gasteiger partial charge in [0, 0.05) is 23.6 Å². The van der Waals surface area contributed by atoms with Crippen LogP contribution in [0.5, 0.6) is 0 Å². The third kappa shape index (κ3) is 4.92. The number of fused-ring (bicyclic) bond motifs is 1. The van der Waals surface area contributed by atoms with Crippen LogP contribution in [0, 0.1) is 0 Å². The van der Waals surface area contributed by atoms with Crippen molar-refractivity contribution in [2.45, 2.75) is 6.92 Å². The molecule has 0 atom stereocenters. The Bertz CT molecular complexity index is 850. The Morgan fingerprint density at radius 2 is 1.58 bits per heavy atom. The van der Waals surface area contributed by atoms with Crippen molar-refractivity contribution in [1.82, 2.24) is 0 Å². The summed E-state index contributed by atoms with van der Waals surface area (Å²) < 4.78 is 2.14. The molecule has 0 bridgehead atoms. The first-order chi connectivity index (χ1) is 11.6. The Hall–Kier alpha value is -3.20. The largest absolute Gasteiger partial charge is 0.545 e. The molecule has 3 heteroatoms. The Labute approximate surface area is 141 Å². The molecule has 0 aliphatic carbocycles. The molecule has 0 unspecified atom stereocenters. The number of carbonyl (C=O) groups is 1. The lowest BCUT2D eigenvalue weighted by atomic mass is 10.2. The second-order valence-electron chi connectivity index (χ2n) is 5.27. The van der Waals surface area contributed by atoms with Crippen LogP contribution in [0.25, 0.3) is 23.2 Å². The van der Waals surface area contributed by atoms with Gasteiger partial charge < -0.3 is 9.90 Å². The predicted octanol–water partition coefficient (Wildman–Crippen LogP) is 3.07. The second kappa shape index (κ2) is 8.44. The lowest BCUT2D eigenvalue weighted by molar-refractivity contribution is -0.538. The average molecular weight is 317 g/mol. The van der Waals surface area contributed by atoms with E-state index in [1.807, 2.05) is 18.2 Å². The summed E-state index contributed by atoms with van der Waals surface area (Å²) in [6.45, 7) is 4.48. The van der Waals surface area contributed by atoms with Crippen LogP contribution in [0.3, 0.4) is 0 Å². The molecule has 0 aliphatic heterocycles. The zero-order valence-corrected chi connectivity index (χ0v) is 13.6. The molecule has 0 saturated carbocycles. The van der Waals surface area contributed by atoms with Crippen molar-refractivity contribution in [2.24, 2.45) is 0 Å². The van der Waals surface area contributed by atoms with Gasteiger partial charge in [0.15, 0.2) is 12.4 Å². The molecule has 0 spiro atoms. The van der Waals surface area contributed by atoms with Crippen LogP contribution in [-0.4, -0.2) is 5.97 Å². The highest BCUT2D eigenvalue weighted by Crippen LogP contribution is 2.08. The van der Waals surface area contributed by atoms with E-state index in [9.17, 15) is 9.90 Å². The first-order valence-corrected chi connectivity index (χ1v) is 7.57. The molecule has 3 nitrogen and oxygen atoms in total. The first-order valence-electron chi connectivity index (χ1n) is 7.57. The maximum atomic E-state index is 9.49. The minimum absolute atomic E-state index is 0.0648. The molecule has 0 aliphatic rings. The van der Waals surface area contributed by atoms with Gasteiger partial charge in [0.25, 0.3) is 0 Å². The van der Waals surface area contributed by atoms with Crippen LogP contribution in [0.1, 0.15) is 12.5 Å². The number of carboxylic acids is 1. The van der Waals surface area contributed by atoms with Gasteiger partial charge in [-0.2, -0.15) is 4.57 Å². The van der Waals surface area contributed by atoms with Crippen LogP contribution >= 0.6 is 0 Å². The van der Waals surface area contributed by atoms with E-state index < -0.39 is 5.97 Å². The predicted molar refractivity (Wildman–Crippen MR) is 95.6 cm³/mol. The molecule has 0 amide bonds. The van der Waals surface area contributed by atoms with Crippen molar-refractivity contribution in [3.05, 3.63) is 90.6 Å². The number of rotatable bonds is 3. The number of carboxylic acid groups (broad SMARTS) is 1. The molecule has 3 rings (SSSR count). The lowest BCUT2D eigenvalue weighted by Gasteiger charge is -1.95. The first kappa shape index (κ1) is 17.2. The summed E-state index contributed by atoms with van der Waals surface area (Å²) in [6, 6.07) is 22.9. The molecule has 0 N–H and O–H groups in total. The number of benzene rings is 2. The molecular weight excluding hydrogens is 298 g/mol. The van der Waals surface area contributed by atoms with Gasteiger partial charge in [-0.25, -0.2) is 0 Å². The number of carbonyl (C=O) groups excluding carboxylic acids is 1. The zero-order chi connectivity index (χ0) is 17.4. The van der Waals surface area contributed by atoms with E-state index in [0.29, 0.717) is 0 Å². The van der Waals surface area contributed by atoms with Gasteiger partial charge in [0.2, 0.25) is 5.52 Å². The summed E-state index contributed by atoms with van der Waals surface area (Å²) in [5.74, 6) is -1.19. The molecule has 1 heterocycles. The minimum Gasteiger partial charge on any atom is -0.545 e. The maximum Gasteiger partial charge on any atom is 0.217 e. The van der Waals surface area contributed by atoms with Crippen LogP contribution < -0.4 is 9.67 Å². The summed E-state index contributed by atoms with van der Waals surface area (Å²) in [4.78, 5) is 9.49. The van der Waals surface area contributed by atoms with Crippen LogP contribution in [0.4, 0.5) is 0 Å². The van der Waals surface area contributed by atoms with E-state index in [4.69, 9.17) is 0 Å². The van der Waals surface area contributed by atoms with Crippen LogP contribution in [-0.2, 0) is 4.79 Å². The quantitative estimate of drug-likeness (QED) is 0.550. The number of para-hydroxylation sites is 1. The normalized spacial score (nSPS) is 10.2. The number of hydrogen-bond donors (Lipinski definition) is 0. The molecule has 3 aromatic rings. The van der Waals surface area contributed by atoms with Gasteiger partial charge in [0.05, 0.1) is 5.97 Å². The number of nitrogens with zero attached hydrogens (tertiary/aromatic N) is 1. The Balaban J connectivity index is 0.000000301. The maximum absolute atomic E-state index is 9.49. The van der Waals surface area contributed by atoms with E-state index in [-0.39, 0.29) is 5.57 Å². The van der Waals surface area contributed by atoms with E-state index in [1.54, 1.807) is 0 Å². The Morgan fingerprint density at radius 3 is 2.25 bits per heavy atom. The van der Waals surface area contributed by atoms with Crippen LogP contribution in [0.2, 0.25) is 0 Å². The molecule has 2 aromatic carbocycles. The van der Waals surface area contributed by atoms with Crippen molar-refractivity contribution in [2.75, 3.05) is 0 Å².